The first-order valence-corrected chi connectivity index (χ1v) is 6.83. The van der Waals surface area contributed by atoms with Gasteiger partial charge >= 0.3 is 0 Å². The maximum atomic E-state index is 12.9. The Morgan fingerprint density at radius 2 is 2.19 bits per heavy atom. The standard InChI is InChI=1S/C15H15FN2O3/c16-11-5-3-10(4-6-11)14-8-13(17-21-14)15(20)18-7-1-2-12(18)9-19/h3-6,8,12,19H,1-2,7,9H2/t12-/m1/s1. The molecule has 0 aliphatic carbocycles. The first-order chi connectivity index (χ1) is 10.2. The van der Waals surface area contributed by atoms with Crippen LogP contribution in [0.4, 0.5) is 4.39 Å². The summed E-state index contributed by atoms with van der Waals surface area (Å²) in [7, 11) is 0. The van der Waals surface area contributed by atoms with Crippen molar-refractivity contribution in [1.29, 1.82) is 0 Å². The van der Waals surface area contributed by atoms with E-state index in [9.17, 15) is 14.3 Å². The highest BCUT2D eigenvalue weighted by Gasteiger charge is 2.30. The molecule has 1 aromatic carbocycles. The molecule has 0 bridgehead atoms. The molecule has 1 N–H and O–H groups in total. The van der Waals surface area contributed by atoms with Gasteiger partial charge in [-0.3, -0.25) is 4.79 Å². The number of benzene rings is 1. The second kappa shape index (κ2) is 5.65. The summed E-state index contributed by atoms with van der Waals surface area (Å²) >= 11 is 0. The molecular weight excluding hydrogens is 275 g/mol. The minimum absolute atomic E-state index is 0.0472. The molecule has 0 radical (unpaired) electrons. The van der Waals surface area contributed by atoms with E-state index >= 15 is 0 Å². The minimum Gasteiger partial charge on any atom is -0.394 e. The van der Waals surface area contributed by atoms with Crippen molar-refractivity contribution < 1.29 is 18.8 Å². The Kier molecular flexibility index (Phi) is 3.70. The average molecular weight is 290 g/mol. The van der Waals surface area contributed by atoms with Gasteiger partial charge in [0.1, 0.15) is 5.82 Å². The second-order valence-electron chi connectivity index (χ2n) is 5.06. The Balaban J connectivity index is 1.81. The van der Waals surface area contributed by atoms with Crippen LogP contribution in [0.15, 0.2) is 34.9 Å². The predicted molar refractivity (Wildman–Crippen MR) is 73.0 cm³/mol. The van der Waals surface area contributed by atoms with Crippen LogP contribution in [0, 0.1) is 5.82 Å². The van der Waals surface area contributed by atoms with Crippen molar-refractivity contribution in [3.05, 3.63) is 41.8 Å². The number of aromatic nitrogens is 1. The molecule has 5 nitrogen and oxygen atoms in total. The first-order valence-electron chi connectivity index (χ1n) is 6.83. The fourth-order valence-electron chi connectivity index (χ4n) is 2.57. The van der Waals surface area contributed by atoms with Crippen LogP contribution in [-0.4, -0.2) is 40.3 Å². The molecular formula is C15H15FN2O3. The molecule has 0 saturated carbocycles. The molecule has 21 heavy (non-hydrogen) atoms. The molecule has 0 unspecified atom stereocenters. The van der Waals surface area contributed by atoms with E-state index in [1.165, 1.54) is 12.1 Å². The number of aliphatic hydroxyl groups is 1. The molecule has 1 aromatic heterocycles. The molecule has 2 heterocycles. The number of likely N-dealkylation sites (tertiary alicyclic amines) is 1. The molecule has 3 rings (SSSR count). The lowest BCUT2D eigenvalue weighted by Crippen LogP contribution is -2.37. The van der Waals surface area contributed by atoms with Crippen LogP contribution < -0.4 is 0 Å². The third-order valence-corrected chi connectivity index (χ3v) is 3.71. The van der Waals surface area contributed by atoms with E-state index in [2.05, 4.69) is 5.16 Å². The van der Waals surface area contributed by atoms with E-state index in [4.69, 9.17) is 4.52 Å². The van der Waals surface area contributed by atoms with Crippen LogP contribution in [0.1, 0.15) is 23.3 Å². The fraction of sp³-hybridized carbons (Fsp3) is 0.333. The zero-order valence-corrected chi connectivity index (χ0v) is 11.3. The Bertz CT molecular complexity index is 639. The van der Waals surface area contributed by atoms with Crippen molar-refractivity contribution >= 4 is 5.91 Å². The van der Waals surface area contributed by atoms with Gasteiger partial charge in [-0.15, -0.1) is 0 Å². The highest BCUT2D eigenvalue weighted by Crippen LogP contribution is 2.24. The fourth-order valence-corrected chi connectivity index (χ4v) is 2.57. The molecule has 6 heteroatoms. The van der Waals surface area contributed by atoms with Gasteiger partial charge in [-0.1, -0.05) is 5.16 Å². The van der Waals surface area contributed by atoms with Gasteiger partial charge in [0.25, 0.3) is 5.91 Å². The molecule has 1 atom stereocenters. The highest BCUT2D eigenvalue weighted by molar-refractivity contribution is 5.93. The van der Waals surface area contributed by atoms with Gasteiger partial charge in [-0.25, -0.2) is 4.39 Å². The van der Waals surface area contributed by atoms with Crippen molar-refractivity contribution in [3.63, 3.8) is 0 Å². The van der Waals surface area contributed by atoms with E-state index < -0.39 is 0 Å². The zero-order chi connectivity index (χ0) is 14.8. The molecule has 1 saturated heterocycles. The molecule has 0 spiro atoms. The van der Waals surface area contributed by atoms with Crippen LogP contribution in [0.3, 0.4) is 0 Å². The van der Waals surface area contributed by atoms with Gasteiger partial charge < -0.3 is 14.5 Å². The third-order valence-electron chi connectivity index (χ3n) is 3.71. The van der Waals surface area contributed by atoms with Crippen molar-refractivity contribution in [2.75, 3.05) is 13.2 Å². The maximum Gasteiger partial charge on any atom is 0.276 e. The molecule has 2 aromatic rings. The lowest BCUT2D eigenvalue weighted by atomic mass is 10.1. The highest BCUT2D eigenvalue weighted by atomic mass is 19.1. The van der Waals surface area contributed by atoms with E-state index in [1.54, 1.807) is 23.1 Å². The van der Waals surface area contributed by atoms with Crippen LogP contribution in [0.2, 0.25) is 0 Å². The van der Waals surface area contributed by atoms with Gasteiger partial charge in [0.05, 0.1) is 12.6 Å². The van der Waals surface area contributed by atoms with Gasteiger partial charge in [0.2, 0.25) is 0 Å². The summed E-state index contributed by atoms with van der Waals surface area (Å²) < 4.78 is 18.0. The second-order valence-corrected chi connectivity index (χ2v) is 5.06. The lowest BCUT2D eigenvalue weighted by Gasteiger charge is -2.21. The molecule has 1 aliphatic rings. The summed E-state index contributed by atoms with van der Waals surface area (Å²) in [5, 5.41) is 13.1. The van der Waals surface area contributed by atoms with Gasteiger partial charge in [0.15, 0.2) is 11.5 Å². The normalized spacial score (nSPS) is 18.2. The van der Waals surface area contributed by atoms with Gasteiger partial charge in [-0.2, -0.15) is 0 Å². The minimum atomic E-state index is -0.336. The van der Waals surface area contributed by atoms with E-state index in [0.717, 1.165) is 12.8 Å². The number of amides is 1. The topological polar surface area (TPSA) is 66.6 Å². The van der Waals surface area contributed by atoms with Crippen LogP contribution >= 0.6 is 0 Å². The zero-order valence-electron chi connectivity index (χ0n) is 11.3. The number of carbonyl (C=O) groups is 1. The number of hydrogen-bond acceptors (Lipinski definition) is 4. The van der Waals surface area contributed by atoms with E-state index in [-0.39, 0.29) is 30.1 Å². The predicted octanol–water partition coefficient (Wildman–Crippen LogP) is 2.08. The Hall–Kier alpha value is -2.21. The Morgan fingerprint density at radius 3 is 2.90 bits per heavy atom. The monoisotopic (exact) mass is 290 g/mol. The number of aliphatic hydroxyl groups excluding tert-OH is 1. The lowest BCUT2D eigenvalue weighted by molar-refractivity contribution is 0.0667. The number of carbonyl (C=O) groups excluding carboxylic acids is 1. The van der Waals surface area contributed by atoms with Crippen molar-refractivity contribution in [2.24, 2.45) is 0 Å². The largest absolute Gasteiger partial charge is 0.394 e. The third kappa shape index (κ3) is 2.67. The van der Waals surface area contributed by atoms with Crippen LogP contribution in [0.5, 0.6) is 0 Å². The number of hydrogen-bond donors (Lipinski definition) is 1. The van der Waals surface area contributed by atoms with Crippen LogP contribution in [0.25, 0.3) is 11.3 Å². The summed E-state index contributed by atoms with van der Waals surface area (Å²) in [6, 6.07) is 7.17. The summed E-state index contributed by atoms with van der Waals surface area (Å²) in [6.45, 7) is 0.567. The quantitative estimate of drug-likeness (QED) is 0.939. The summed E-state index contributed by atoms with van der Waals surface area (Å²) in [5.41, 5.74) is 0.859. The summed E-state index contributed by atoms with van der Waals surface area (Å²) in [5.74, 6) is -0.167. The number of rotatable bonds is 3. The van der Waals surface area contributed by atoms with E-state index in [0.29, 0.717) is 17.9 Å². The molecule has 1 amide bonds. The Morgan fingerprint density at radius 1 is 1.43 bits per heavy atom. The number of nitrogens with zero attached hydrogens (tertiary/aromatic N) is 2. The van der Waals surface area contributed by atoms with Gasteiger partial charge in [0, 0.05) is 18.2 Å². The van der Waals surface area contributed by atoms with E-state index in [1.807, 2.05) is 0 Å². The maximum absolute atomic E-state index is 12.9. The van der Waals surface area contributed by atoms with Crippen molar-refractivity contribution in [3.8, 4) is 11.3 Å². The van der Waals surface area contributed by atoms with Crippen molar-refractivity contribution in [2.45, 2.75) is 18.9 Å². The van der Waals surface area contributed by atoms with Crippen LogP contribution in [-0.2, 0) is 0 Å². The average Bonchev–Trinajstić information content (AvgIpc) is 3.16. The summed E-state index contributed by atoms with van der Waals surface area (Å²) in [6.07, 6.45) is 1.67. The first kappa shape index (κ1) is 13.8. The number of halogens is 1. The Labute approximate surface area is 121 Å². The van der Waals surface area contributed by atoms with Crippen molar-refractivity contribution in [1.82, 2.24) is 10.1 Å². The van der Waals surface area contributed by atoms with Gasteiger partial charge in [-0.05, 0) is 37.1 Å². The summed E-state index contributed by atoms with van der Waals surface area (Å²) in [4.78, 5) is 14.0. The SMILES string of the molecule is O=C(c1cc(-c2ccc(F)cc2)on1)N1CCC[C@@H]1CO. The molecule has 110 valence electrons. The molecule has 1 fully saturated rings. The smallest absolute Gasteiger partial charge is 0.276 e. The molecule has 1 aliphatic heterocycles.